The minimum atomic E-state index is -0.561. The van der Waals surface area contributed by atoms with Crippen LogP contribution in [0.5, 0.6) is 0 Å². The first-order chi connectivity index (χ1) is 6.56. The number of rotatable bonds is 3. The predicted octanol–water partition coefficient (Wildman–Crippen LogP) is 4.21. The van der Waals surface area contributed by atoms with Gasteiger partial charge in [-0.15, -0.1) is 11.6 Å². The van der Waals surface area contributed by atoms with Gasteiger partial charge in [0.25, 0.3) is 0 Å². The lowest BCUT2D eigenvalue weighted by Gasteiger charge is -2.09. The standard InChI is InChI=1S/C10H9Br2ClO/c1-6(14)10(13)8-3-2-7(5-11)4-9(8)12/h2-4,10H,5H2,1H3. The smallest absolute Gasteiger partial charge is 0.152 e. The van der Waals surface area contributed by atoms with Crippen molar-refractivity contribution in [3.63, 3.8) is 0 Å². The number of alkyl halides is 2. The van der Waals surface area contributed by atoms with Gasteiger partial charge >= 0.3 is 0 Å². The van der Waals surface area contributed by atoms with Gasteiger partial charge in [0.1, 0.15) is 5.38 Å². The second-order valence-electron chi connectivity index (χ2n) is 2.96. The number of carbonyl (C=O) groups is 1. The van der Waals surface area contributed by atoms with Crippen LogP contribution >= 0.6 is 43.5 Å². The van der Waals surface area contributed by atoms with Crippen LogP contribution in [0.4, 0.5) is 0 Å². The summed E-state index contributed by atoms with van der Waals surface area (Å²) in [6.45, 7) is 1.49. The molecule has 0 aliphatic heterocycles. The van der Waals surface area contributed by atoms with E-state index in [4.69, 9.17) is 11.6 Å². The van der Waals surface area contributed by atoms with Gasteiger partial charge in [0, 0.05) is 9.80 Å². The molecule has 1 nitrogen and oxygen atoms in total. The Bertz CT molecular complexity index is 352. The number of halogens is 3. The molecule has 0 heterocycles. The van der Waals surface area contributed by atoms with Crippen molar-refractivity contribution in [3.8, 4) is 0 Å². The Balaban J connectivity index is 3.05. The molecule has 0 aromatic heterocycles. The molecular formula is C10H9Br2ClO. The topological polar surface area (TPSA) is 17.1 Å². The fraction of sp³-hybridized carbons (Fsp3) is 0.300. The lowest BCUT2D eigenvalue weighted by molar-refractivity contribution is -0.116. The summed E-state index contributed by atoms with van der Waals surface area (Å²) in [6, 6.07) is 5.79. The highest BCUT2D eigenvalue weighted by atomic mass is 79.9. The second kappa shape index (κ2) is 5.29. The molecule has 0 spiro atoms. The molecular weight excluding hydrogens is 331 g/mol. The maximum Gasteiger partial charge on any atom is 0.152 e. The highest BCUT2D eigenvalue weighted by molar-refractivity contribution is 9.10. The van der Waals surface area contributed by atoms with Crippen molar-refractivity contribution in [2.75, 3.05) is 0 Å². The Morgan fingerprint density at radius 3 is 2.64 bits per heavy atom. The fourth-order valence-electron chi connectivity index (χ4n) is 1.08. The van der Waals surface area contributed by atoms with E-state index in [0.717, 1.165) is 20.9 Å². The van der Waals surface area contributed by atoms with Crippen molar-refractivity contribution in [2.45, 2.75) is 17.6 Å². The summed E-state index contributed by atoms with van der Waals surface area (Å²) < 4.78 is 0.879. The van der Waals surface area contributed by atoms with E-state index < -0.39 is 5.38 Å². The van der Waals surface area contributed by atoms with Crippen LogP contribution in [-0.2, 0) is 10.1 Å². The summed E-state index contributed by atoms with van der Waals surface area (Å²) in [4.78, 5) is 11.1. The number of Topliss-reactive ketones (excluding diaryl/α,β-unsaturated/α-hetero) is 1. The lowest BCUT2D eigenvalue weighted by Crippen LogP contribution is -2.02. The van der Waals surface area contributed by atoms with Gasteiger partial charge in [-0.25, -0.2) is 0 Å². The van der Waals surface area contributed by atoms with Gasteiger partial charge < -0.3 is 0 Å². The van der Waals surface area contributed by atoms with Gasteiger partial charge in [-0.2, -0.15) is 0 Å². The van der Waals surface area contributed by atoms with Crippen LogP contribution in [0.1, 0.15) is 23.4 Å². The van der Waals surface area contributed by atoms with Crippen LogP contribution in [0.15, 0.2) is 22.7 Å². The fourth-order valence-corrected chi connectivity index (χ4v) is 2.40. The molecule has 1 rings (SSSR count). The van der Waals surface area contributed by atoms with Gasteiger partial charge in [0.15, 0.2) is 5.78 Å². The third kappa shape index (κ3) is 2.81. The van der Waals surface area contributed by atoms with Crippen molar-refractivity contribution in [1.29, 1.82) is 0 Å². The monoisotopic (exact) mass is 338 g/mol. The average Bonchev–Trinajstić information content (AvgIpc) is 2.16. The molecule has 76 valence electrons. The van der Waals surface area contributed by atoms with Crippen molar-refractivity contribution in [1.82, 2.24) is 0 Å². The molecule has 1 aromatic carbocycles. The van der Waals surface area contributed by atoms with Gasteiger partial charge in [-0.05, 0) is 24.1 Å². The molecule has 0 N–H and O–H groups in total. The summed E-state index contributed by atoms with van der Waals surface area (Å²) in [5, 5.41) is 0.229. The van der Waals surface area contributed by atoms with Crippen LogP contribution in [0, 0.1) is 0 Å². The van der Waals surface area contributed by atoms with Crippen molar-refractivity contribution in [2.24, 2.45) is 0 Å². The molecule has 0 amide bonds. The molecule has 4 heteroatoms. The second-order valence-corrected chi connectivity index (χ2v) is 4.81. The van der Waals surface area contributed by atoms with Crippen LogP contribution < -0.4 is 0 Å². The first-order valence-corrected chi connectivity index (χ1v) is 6.40. The Morgan fingerprint density at radius 2 is 2.21 bits per heavy atom. The Morgan fingerprint density at radius 1 is 1.57 bits per heavy atom. The van der Waals surface area contributed by atoms with Gasteiger partial charge in [-0.1, -0.05) is 44.0 Å². The summed E-state index contributed by atoms with van der Waals surface area (Å²) in [5.74, 6) is -0.0426. The molecule has 14 heavy (non-hydrogen) atoms. The Labute approximate surface area is 105 Å². The first-order valence-electron chi connectivity index (χ1n) is 4.05. The zero-order valence-electron chi connectivity index (χ0n) is 7.56. The van der Waals surface area contributed by atoms with Gasteiger partial charge in [0.2, 0.25) is 0 Å². The maximum atomic E-state index is 11.1. The molecule has 0 radical (unpaired) electrons. The highest BCUT2D eigenvalue weighted by Crippen LogP contribution is 2.30. The van der Waals surface area contributed by atoms with Crippen molar-refractivity contribution in [3.05, 3.63) is 33.8 Å². The van der Waals surface area contributed by atoms with Gasteiger partial charge in [0.05, 0.1) is 0 Å². The molecule has 0 fully saturated rings. The minimum Gasteiger partial charge on any atom is -0.298 e. The number of carbonyl (C=O) groups excluding carboxylic acids is 1. The van der Waals surface area contributed by atoms with E-state index in [1.54, 1.807) is 0 Å². The van der Waals surface area contributed by atoms with E-state index in [2.05, 4.69) is 31.9 Å². The number of benzene rings is 1. The summed E-state index contributed by atoms with van der Waals surface area (Å²) in [7, 11) is 0. The molecule has 1 unspecified atom stereocenters. The van der Waals surface area contributed by atoms with Crippen molar-refractivity contribution < 1.29 is 4.79 Å². The van der Waals surface area contributed by atoms with E-state index in [1.807, 2.05) is 18.2 Å². The zero-order chi connectivity index (χ0) is 10.7. The van der Waals surface area contributed by atoms with Crippen molar-refractivity contribution >= 4 is 49.2 Å². The largest absolute Gasteiger partial charge is 0.298 e. The quantitative estimate of drug-likeness (QED) is 0.753. The van der Waals surface area contributed by atoms with E-state index in [1.165, 1.54) is 6.92 Å². The van der Waals surface area contributed by atoms with Crippen LogP contribution in [0.3, 0.4) is 0 Å². The lowest BCUT2D eigenvalue weighted by atomic mass is 10.1. The molecule has 0 aliphatic carbocycles. The van der Waals surface area contributed by atoms with E-state index in [0.29, 0.717) is 0 Å². The highest BCUT2D eigenvalue weighted by Gasteiger charge is 2.15. The van der Waals surface area contributed by atoms with E-state index in [-0.39, 0.29) is 5.78 Å². The molecule has 1 atom stereocenters. The molecule has 0 saturated carbocycles. The number of hydrogen-bond donors (Lipinski definition) is 0. The van der Waals surface area contributed by atoms with Gasteiger partial charge in [-0.3, -0.25) is 4.79 Å². The summed E-state index contributed by atoms with van der Waals surface area (Å²) >= 11 is 12.7. The summed E-state index contributed by atoms with van der Waals surface area (Å²) in [6.07, 6.45) is 0. The third-order valence-corrected chi connectivity index (χ3v) is 3.73. The predicted molar refractivity (Wildman–Crippen MR) is 66.0 cm³/mol. The van der Waals surface area contributed by atoms with Crippen LogP contribution in [0.2, 0.25) is 0 Å². The number of hydrogen-bond acceptors (Lipinski definition) is 1. The van der Waals surface area contributed by atoms with Crippen LogP contribution in [-0.4, -0.2) is 5.78 Å². The molecule has 0 aliphatic rings. The SMILES string of the molecule is CC(=O)C(Cl)c1ccc(CBr)cc1Br. The Hall–Kier alpha value is 0.140. The zero-order valence-corrected chi connectivity index (χ0v) is 11.5. The summed E-state index contributed by atoms with van der Waals surface area (Å²) in [5.41, 5.74) is 1.97. The molecule has 0 saturated heterocycles. The maximum absolute atomic E-state index is 11.1. The molecule has 0 bridgehead atoms. The molecule has 1 aromatic rings. The van der Waals surface area contributed by atoms with E-state index in [9.17, 15) is 4.79 Å². The normalized spacial score (nSPS) is 12.6. The first kappa shape index (κ1) is 12.2. The minimum absolute atomic E-state index is 0.0426. The average molecular weight is 340 g/mol. The van der Waals surface area contributed by atoms with Crippen LogP contribution in [0.25, 0.3) is 0 Å². The number of ketones is 1. The third-order valence-electron chi connectivity index (χ3n) is 1.85. The van der Waals surface area contributed by atoms with E-state index >= 15 is 0 Å². The Kier molecular flexibility index (Phi) is 4.61.